The highest BCUT2D eigenvalue weighted by molar-refractivity contribution is 6.30. The highest BCUT2D eigenvalue weighted by atomic mass is 35.5. The smallest absolute Gasteiger partial charge is 0.253 e. The Morgan fingerprint density at radius 2 is 1.76 bits per heavy atom. The second kappa shape index (κ2) is 7.64. The molecule has 0 atom stereocenters. The number of rotatable bonds is 4. The number of fused-ring (bicyclic) bond motifs is 1. The minimum Gasteiger partial charge on any atom is -0.326 e. The fourth-order valence-corrected chi connectivity index (χ4v) is 3.38. The zero-order valence-corrected chi connectivity index (χ0v) is 17.2. The molecule has 29 heavy (non-hydrogen) atoms. The predicted molar refractivity (Wildman–Crippen MR) is 114 cm³/mol. The molecule has 0 aliphatic rings. The van der Waals surface area contributed by atoms with Crippen LogP contribution in [0.25, 0.3) is 17.2 Å². The molecule has 2 heterocycles. The Morgan fingerprint density at radius 3 is 2.48 bits per heavy atom. The van der Waals surface area contributed by atoms with Crippen LogP contribution in [-0.2, 0) is 11.2 Å². The minimum absolute atomic E-state index is 0.0929. The van der Waals surface area contributed by atoms with E-state index in [1.807, 2.05) is 57.2 Å². The van der Waals surface area contributed by atoms with Gasteiger partial charge in [0.1, 0.15) is 0 Å². The third kappa shape index (κ3) is 3.84. The summed E-state index contributed by atoms with van der Waals surface area (Å²) in [5, 5.41) is 8.22. The van der Waals surface area contributed by atoms with Crippen molar-refractivity contribution < 1.29 is 4.79 Å². The summed E-state index contributed by atoms with van der Waals surface area (Å²) in [4.78, 5) is 21.7. The molecule has 1 amide bonds. The molecule has 0 saturated carbocycles. The molecule has 0 fully saturated rings. The maximum absolute atomic E-state index is 12.6. The number of nitrogens with one attached hydrogen (secondary N) is 1. The van der Waals surface area contributed by atoms with Gasteiger partial charge in [-0.25, -0.2) is 9.50 Å². The number of hydrogen-bond acceptors (Lipinski definition) is 4. The molecule has 0 saturated heterocycles. The van der Waals surface area contributed by atoms with Gasteiger partial charge in [-0.05, 0) is 56.7 Å². The molecule has 0 bridgehead atoms. The Bertz CT molecular complexity index is 1210. The summed E-state index contributed by atoms with van der Waals surface area (Å²) in [7, 11) is 0. The number of aryl methyl sites for hydroxylation is 3. The van der Waals surface area contributed by atoms with Gasteiger partial charge in [0.05, 0.1) is 6.42 Å². The third-order valence-electron chi connectivity index (χ3n) is 4.91. The van der Waals surface area contributed by atoms with Gasteiger partial charge in [-0.3, -0.25) is 4.79 Å². The van der Waals surface area contributed by atoms with E-state index < -0.39 is 0 Å². The first-order chi connectivity index (χ1) is 13.9. The van der Waals surface area contributed by atoms with E-state index in [1.165, 1.54) is 0 Å². The molecule has 0 spiro atoms. The Morgan fingerprint density at radius 1 is 1.03 bits per heavy atom. The lowest BCUT2D eigenvalue weighted by molar-refractivity contribution is -0.115. The van der Waals surface area contributed by atoms with Gasteiger partial charge in [0, 0.05) is 33.2 Å². The van der Waals surface area contributed by atoms with Gasteiger partial charge in [-0.2, -0.15) is 4.98 Å². The van der Waals surface area contributed by atoms with Gasteiger partial charge in [-0.15, -0.1) is 5.10 Å². The van der Waals surface area contributed by atoms with Crippen LogP contribution in [0.5, 0.6) is 0 Å². The summed E-state index contributed by atoms with van der Waals surface area (Å²) in [5.74, 6) is 0.982. The van der Waals surface area contributed by atoms with Gasteiger partial charge in [0.2, 0.25) is 5.91 Å². The maximum Gasteiger partial charge on any atom is 0.253 e. The third-order valence-corrected chi connectivity index (χ3v) is 5.16. The Balaban J connectivity index is 1.65. The van der Waals surface area contributed by atoms with E-state index in [9.17, 15) is 4.79 Å². The van der Waals surface area contributed by atoms with Crippen molar-refractivity contribution in [2.24, 2.45) is 0 Å². The van der Waals surface area contributed by atoms with E-state index in [2.05, 4.69) is 20.4 Å². The molecule has 0 radical (unpaired) electrons. The van der Waals surface area contributed by atoms with Crippen molar-refractivity contribution in [3.63, 3.8) is 0 Å². The fourth-order valence-electron chi connectivity index (χ4n) is 3.25. The SMILES string of the molecule is Cc1ccccc1NC(=O)Cc1c(C)nc2nc(-c3ccc(Cl)cc3)nn2c1C. The molecule has 146 valence electrons. The van der Waals surface area contributed by atoms with Crippen molar-refractivity contribution >= 4 is 29.0 Å². The van der Waals surface area contributed by atoms with Gasteiger partial charge in [-0.1, -0.05) is 29.8 Å². The number of carbonyl (C=O) groups is 1. The molecule has 2 aromatic carbocycles. The minimum atomic E-state index is -0.0929. The van der Waals surface area contributed by atoms with Crippen LogP contribution >= 0.6 is 11.6 Å². The van der Waals surface area contributed by atoms with Crippen LogP contribution in [0.3, 0.4) is 0 Å². The number of carbonyl (C=O) groups excluding carboxylic acids is 1. The molecule has 0 unspecified atom stereocenters. The number of para-hydroxylation sites is 1. The van der Waals surface area contributed by atoms with E-state index >= 15 is 0 Å². The lowest BCUT2D eigenvalue weighted by Crippen LogP contribution is -2.18. The van der Waals surface area contributed by atoms with Crippen molar-refractivity contribution in [1.82, 2.24) is 19.6 Å². The number of aromatic nitrogens is 4. The van der Waals surface area contributed by atoms with Crippen molar-refractivity contribution in [1.29, 1.82) is 0 Å². The molecule has 4 rings (SSSR count). The first-order valence-corrected chi connectivity index (χ1v) is 9.64. The first kappa shape index (κ1) is 19.1. The van der Waals surface area contributed by atoms with Crippen LogP contribution in [-0.4, -0.2) is 25.5 Å². The normalized spacial score (nSPS) is 11.0. The standard InChI is InChI=1S/C22H20ClN5O/c1-13-6-4-5-7-19(13)25-20(29)12-18-14(2)24-22-26-21(27-28(22)15(18)3)16-8-10-17(23)11-9-16/h4-11H,12H2,1-3H3,(H,25,29). The maximum atomic E-state index is 12.6. The summed E-state index contributed by atoms with van der Waals surface area (Å²) >= 11 is 5.96. The number of anilines is 1. The molecule has 0 aliphatic heterocycles. The molecule has 7 heteroatoms. The summed E-state index contributed by atoms with van der Waals surface area (Å²) in [5.41, 5.74) is 5.15. The van der Waals surface area contributed by atoms with Crippen LogP contribution in [0.4, 0.5) is 5.69 Å². The van der Waals surface area contributed by atoms with Crippen LogP contribution in [0.1, 0.15) is 22.5 Å². The molecular weight excluding hydrogens is 386 g/mol. The average molecular weight is 406 g/mol. The Hall–Kier alpha value is -3.25. The largest absolute Gasteiger partial charge is 0.326 e. The highest BCUT2D eigenvalue weighted by Gasteiger charge is 2.17. The topological polar surface area (TPSA) is 72.2 Å². The van der Waals surface area contributed by atoms with Gasteiger partial charge in [0.25, 0.3) is 5.78 Å². The van der Waals surface area contributed by atoms with Crippen LogP contribution < -0.4 is 5.32 Å². The van der Waals surface area contributed by atoms with Gasteiger partial charge in [0.15, 0.2) is 5.82 Å². The van der Waals surface area contributed by atoms with E-state index in [0.29, 0.717) is 16.6 Å². The van der Waals surface area contributed by atoms with E-state index in [0.717, 1.165) is 33.8 Å². The highest BCUT2D eigenvalue weighted by Crippen LogP contribution is 2.21. The Kier molecular flexibility index (Phi) is 5.03. The Labute approximate surface area is 173 Å². The van der Waals surface area contributed by atoms with Crippen LogP contribution in [0.2, 0.25) is 5.02 Å². The van der Waals surface area contributed by atoms with Gasteiger partial charge < -0.3 is 5.32 Å². The van der Waals surface area contributed by atoms with Crippen molar-refractivity contribution in [2.75, 3.05) is 5.32 Å². The number of benzene rings is 2. The summed E-state index contributed by atoms with van der Waals surface area (Å²) in [6.07, 6.45) is 0.213. The van der Waals surface area contributed by atoms with Crippen LogP contribution in [0, 0.1) is 20.8 Å². The van der Waals surface area contributed by atoms with E-state index in [-0.39, 0.29) is 12.3 Å². The first-order valence-electron chi connectivity index (χ1n) is 9.26. The fraction of sp³-hybridized carbons (Fsp3) is 0.182. The van der Waals surface area contributed by atoms with Crippen molar-refractivity contribution in [3.8, 4) is 11.4 Å². The number of nitrogens with zero attached hydrogens (tertiary/aromatic N) is 4. The molecule has 1 N–H and O–H groups in total. The second-order valence-corrected chi connectivity index (χ2v) is 7.39. The molecule has 6 nitrogen and oxygen atoms in total. The van der Waals surface area contributed by atoms with Crippen molar-refractivity contribution in [2.45, 2.75) is 27.2 Å². The molecule has 4 aromatic rings. The van der Waals surface area contributed by atoms with Crippen LogP contribution in [0.15, 0.2) is 48.5 Å². The zero-order valence-electron chi connectivity index (χ0n) is 16.4. The lowest BCUT2D eigenvalue weighted by Gasteiger charge is -2.12. The van der Waals surface area contributed by atoms with E-state index in [4.69, 9.17) is 11.6 Å². The van der Waals surface area contributed by atoms with Gasteiger partial charge >= 0.3 is 0 Å². The van der Waals surface area contributed by atoms with E-state index in [1.54, 1.807) is 16.6 Å². The number of amides is 1. The number of hydrogen-bond donors (Lipinski definition) is 1. The lowest BCUT2D eigenvalue weighted by atomic mass is 10.1. The predicted octanol–water partition coefficient (Wildman–Crippen LogP) is 4.55. The monoisotopic (exact) mass is 405 g/mol. The number of halogens is 1. The molecular formula is C22H20ClN5O. The average Bonchev–Trinajstić information content (AvgIpc) is 3.11. The summed E-state index contributed by atoms with van der Waals surface area (Å²) in [6.45, 7) is 5.78. The quantitative estimate of drug-likeness (QED) is 0.540. The van der Waals surface area contributed by atoms with Crippen molar-refractivity contribution in [3.05, 3.63) is 76.1 Å². The summed E-state index contributed by atoms with van der Waals surface area (Å²) in [6, 6.07) is 15.1. The molecule has 0 aliphatic carbocycles. The molecule has 2 aromatic heterocycles. The zero-order chi connectivity index (χ0) is 20.5. The summed E-state index contributed by atoms with van der Waals surface area (Å²) < 4.78 is 1.69. The second-order valence-electron chi connectivity index (χ2n) is 6.96.